The average Bonchev–Trinajstić information content (AvgIpc) is 3.27. The van der Waals surface area contributed by atoms with E-state index >= 15 is 0 Å². The summed E-state index contributed by atoms with van der Waals surface area (Å²) in [5.41, 5.74) is 0.963. The summed E-state index contributed by atoms with van der Waals surface area (Å²) in [6, 6.07) is 19.2. The van der Waals surface area contributed by atoms with Gasteiger partial charge in [-0.25, -0.2) is 12.7 Å². The molecule has 1 aliphatic heterocycles. The van der Waals surface area contributed by atoms with Crippen molar-refractivity contribution in [2.75, 3.05) is 33.2 Å². The van der Waals surface area contributed by atoms with Crippen molar-refractivity contribution in [1.82, 2.24) is 9.21 Å². The second kappa shape index (κ2) is 9.43. The van der Waals surface area contributed by atoms with Gasteiger partial charge in [-0.05, 0) is 61.9 Å². The first kappa shape index (κ1) is 22.5. The number of sulfonamides is 1. The smallest absolute Gasteiger partial charge is 0.242 e. The molecule has 0 spiro atoms. The Morgan fingerprint density at radius 1 is 0.968 bits per heavy atom. The molecule has 5 heteroatoms. The minimum Gasteiger partial charge on any atom is -0.303 e. The van der Waals surface area contributed by atoms with Crippen molar-refractivity contribution < 1.29 is 8.42 Å². The van der Waals surface area contributed by atoms with Crippen molar-refractivity contribution in [3.8, 4) is 0 Å². The normalized spacial score (nSPS) is 24.1. The number of rotatable bonds is 8. The Hall–Kier alpha value is -1.69. The standard InChI is InChI=1S/C26H36N2O2S/c1-26(24-12-5-3-6-13-24,17-19-28-18-16-22-10-9-11-23(22)20-28)21-27(2)31(29,30)25-14-7-4-8-15-25/h3-8,12-15,22-23H,9-11,16-21H2,1-2H3. The van der Waals surface area contributed by atoms with E-state index in [-0.39, 0.29) is 5.41 Å². The van der Waals surface area contributed by atoms with Gasteiger partial charge < -0.3 is 4.90 Å². The van der Waals surface area contributed by atoms with Gasteiger partial charge in [0.05, 0.1) is 4.90 Å². The topological polar surface area (TPSA) is 40.6 Å². The van der Waals surface area contributed by atoms with Crippen LogP contribution in [0.2, 0.25) is 0 Å². The quantitative estimate of drug-likeness (QED) is 0.593. The summed E-state index contributed by atoms with van der Waals surface area (Å²) >= 11 is 0. The Bertz CT molecular complexity index is 948. The third kappa shape index (κ3) is 5.05. The van der Waals surface area contributed by atoms with Gasteiger partial charge in [-0.1, -0.05) is 68.3 Å². The van der Waals surface area contributed by atoms with Gasteiger partial charge in [0.1, 0.15) is 0 Å². The Balaban J connectivity index is 1.50. The molecule has 4 nitrogen and oxygen atoms in total. The van der Waals surface area contributed by atoms with E-state index in [4.69, 9.17) is 0 Å². The first-order chi connectivity index (χ1) is 14.9. The zero-order valence-electron chi connectivity index (χ0n) is 18.9. The van der Waals surface area contributed by atoms with Crippen molar-refractivity contribution in [3.05, 3.63) is 66.2 Å². The zero-order valence-corrected chi connectivity index (χ0v) is 19.7. The van der Waals surface area contributed by atoms with Crippen LogP contribution in [0.15, 0.2) is 65.6 Å². The van der Waals surface area contributed by atoms with Crippen LogP contribution in [0.5, 0.6) is 0 Å². The molecule has 31 heavy (non-hydrogen) atoms. The summed E-state index contributed by atoms with van der Waals surface area (Å²) in [6.45, 7) is 6.11. The molecule has 168 valence electrons. The Morgan fingerprint density at radius 2 is 1.61 bits per heavy atom. The molecular weight excluding hydrogens is 404 g/mol. The van der Waals surface area contributed by atoms with Crippen LogP contribution in [-0.2, 0) is 15.4 Å². The fourth-order valence-corrected chi connectivity index (χ4v) is 6.93. The van der Waals surface area contributed by atoms with Crippen molar-refractivity contribution in [1.29, 1.82) is 0 Å². The second-order valence-corrected chi connectivity index (χ2v) is 11.8. The predicted octanol–water partition coefficient (Wildman–Crippen LogP) is 4.78. The third-order valence-electron chi connectivity index (χ3n) is 7.60. The molecule has 1 aliphatic carbocycles. The fourth-order valence-electron chi connectivity index (χ4n) is 5.62. The van der Waals surface area contributed by atoms with Gasteiger partial charge in [0.2, 0.25) is 10.0 Å². The Kier molecular flexibility index (Phi) is 6.85. The van der Waals surface area contributed by atoms with Gasteiger partial charge in [0, 0.05) is 25.6 Å². The first-order valence-corrected chi connectivity index (χ1v) is 13.1. The van der Waals surface area contributed by atoms with E-state index in [2.05, 4.69) is 36.1 Å². The SMILES string of the molecule is CN(CC(C)(CCN1CCC2CCCC2C1)c1ccccc1)S(=O)(=O)c1ccccc1. The average molecular weight is 441 g/mol. The molecule has 3 atom stereocenters. The number of hydrogen-bond donors (Lipinski definition) is 0. The first-order valence-electron chi connectivity index (χ1n) is 11.7. The van der Waals surface area contributed by atoms with Crippen LogP contribution < -0.4 is 0 Å². The molecule has 0 radical (unpaired) electrons. The minimum absolute atomic E-state index is 0.246. The molecule has 1 saturated carbocycles. The van der Waals surface area contributed by atoms with Crippen LogP contribution >= 0.6 is 0 Å². The van der Waals surface area contributed by atoms with E-state index in [0.717, 1.165) is 24.8 Å². The van der Waals surface area contributed by atoms with E-state index in [1.54, 1.807) is 35.6 Å². The monoisotopic (exact) mass is 440 g/mol. The lowest BCUT2D eigenvalue weighted by atomic mass is 9.78. The predicted molar refractivity (Wildman–Crippen MR) is 127 cm³/mol. The molecule has 2 fully saturated rings. The minimum atomic E-state index is -3.52. The largest absolute Gasteiger partial charge is 0.303 e. The van der Waals surface area contributed by atoms with Gasteiger partial charge >= 0.3 is 0 Å². The molecule has 1 heterocycles. The van der Waals surface area contributed by atoms with E-state index in [0.29, 0.717) is 11.4 Å². The van der Waals surface area contributed by atoms with Gasteiger partial charge in [-0.2, -0.15) is 0 Å². The van der Waals surface area contributed by atoms with Crippen LogP contribution in [0.3, 0.4) is 0 Å². The highest BCUT2D eigenvalue weighted by atomic mass is 32.2. The summed E-state index contributed by atoms with van der Waals surface area (Å²) in [6.07, 6.45) is 6.47. The molecule has 3 unspecified atom stereocenters. The molecule has 0 bridgehead atoms. The van der Waals surface area contributed by atoms with Gasteiger partial charge in [0.15, 0.2) is 0 Å². The molecule has 1 saturated heterocycles. The number of piperidine rings is 1. The van der Waals surface area contributed by atoms with Gasteiger partial charge in [-0.3, -0.25) is 0 Å². The lowest BCUT2D eigenvalue weighted by Crippen LogP contribution is -2.44. The molecule has 0 aromatic heterocycles. The van der Waals surface area contributed by atoms with Crippen molar-refractivity contribution in [2.45, 2.75) is 49.3 Å². The molecule has 0 amide bonds. The molecule has 4 rings (SSSR count). The molecule has 2 aromatic rings. The van der Waals surface area contributed by atoms with Crippen LogP contribution in [0.4, 0.5) is 0 Å². The van der Waals surface area contributed by atoms with Crippen LogP contribution in [0, 0.1) is 11.8 Å². The second-order valence-electron chi connectivity index (χ2n) is 9.79. The molecule has 2 aliphatic rings. The van der Waals surface area contributed by atoms with E-state index in [1.807, 2.05) is 12.1 Å². The molecule has 0 N–H and O–H groups in total. The lowest BCUT2D eigenvalue weighted by molar-refractivity contribution is 0.127. The van der Waals surface area contributed by atoms with Crippen LogP contribution in [-0.4, -0.2) is 50.8 Å². The number of likely N-dealkylation sites (N-methyl/N-ethyl adjacent to an activating group) is 1. The summed E-state index contributed by atoms with van der Waals surface area (Å²) in [7, 11) is -1.80. The maximum atomic E-state index is 13.2. The van der Waals surface area contributed by atoms with Gasteiger partial charge in [-0.15, -0.1) is 0 Å². The number of benzene rings is 2. The third-order valence-corrected chi connectivity index (χ3v) is 9.42. The maximum Gasteiger partial charge on any atom is 0.242 e. The number of hydrogen-bond acceptors (Lipinski definition) is 3. The van der Waals surface area contributed by atoms with E-state index in [9.17, 15) is 8.42 Å². The molecule has 2 aromatic carbocycles. The highest BCUT2D eigenvalue weighted by Gasteiger charge is 2.36. The summed E-state index contributed by atoms with van der Waals surface area (Å²) in [5, 5.41) is 0. The molecular formula is C26H36N2O2S. The maximum absolute atomic E-state index is 13.2. The number of nitrogens with zero attached hydrogens (tertiary/aromatic N) is 2. The Labute approximate surface area is 188 Å². The van der Waals surface area contributed by atoms with Crippen LogP contribution in [0.25, 0.3) is 0 Å². The van der Waals surface area contributed by atoms with E-state index < -0.39 is 10.0 Å². The summed E-state index contributed by atoms with van der Waals surface area (Å²) in [5.74, 6) is 1.82. The highest BCUT2D eigenvalue weighted by Crippen LogP contribution is 2.38. The summed E-state index contributed by atoms with van der Waals surface area (Å²) in [4.78, 5) is 2.98. The fraction of sp³-hybridized carbons (Fsp3) is 0.538. The number of likely N-dealkylation sites (tertiary alicyclic amines) is 1. The lowest BCUT2D eigenvalue weighted by Gasteiger charge is -2.39. The Morgan fingerprint density at radius 3 is 2.32 bits per heavy atom. The van der Waals surface area contributed by atoms with Gasteiger partial charge in [0.25, 0.3) is 0 Å². The highest BCUT2D eigenvalue weighted by molar-refractivity contribution is 7.89. The van der Waals surface area contributed by atoms with Crippen molar-refractivity contribution in [3.63, 3.8) is 0 Å². The zero-order chi connectivity index (χ0) is 21.9. The van der Waals surface area contributed by atoms with Crippen LogP contribution in [0.1, 0.15) is 44.6 Å². The number of fused-ring (bicyclic) bond motifs is 1. The van der Waals surface area contributed by atoms with E-state index in [1.165, 1.54) is 44.3 Å². The summed E-state index contributed by atoms with van der Waals surface area (Å²) < 4.78 is 27.9. The van der Waals surface area contributed by atoms with Crippen molar-refractivity contribution in [2.24, 2.45) is 11.8 Å². The van der Waals surface area contributed by atoms with Crippen molar-refractivity contribution >= 4 is 10.0 Å².